The van der Waals surface area contributed by atoms with Crippen molar-refractivity contribution >= 4 is 11.7 Å². The Kier molecular flexibility index (Phi) is 6.10. The maximum Gasteiger partial charge on any atom is 0.252 e. The lowest BCUT2D eigenvalue weighted by molar-refractivity contribution is 0.0953. The zero-order chi connectivity index (χ0) is 18.4. The minimum atomic E-state index is -0.0618. The van der Waals surface area contributed by atoms with Crippen LogP contribution in [-0.4, -0.2) is 37.1 Å². The zero-order valence-electron chi connectivity index (χ0n) is 15.6. The number of aryl methyl sites for hydroxylation is 1. The number of methoxy groups -OCH3 is 1. The predicted molar refractivity (Wildman–Crippen MR) is 104 cm³/mol. The van der Waals surface area contributed by atoms with E-state index in [-0.39, 0.29) is 5.91 Å². The molecule has 1 saturated heterocycles. The van der Waals surface area contributed by atoms with Crippen LogP contribution in [0.25, 0.3) is 0 Å². The highest BCUT2D eigenvalue weighted by molar-refractivity contribution is 5.94. The van der Waals surface area contributed by atoms with E-state index in [1.807, 2.05) is 24.3 Å². The van der Waals surface area contributed by atoms with Gasteiger partial charge in [-0.15, -0.1) is 0 Å². The number of amides is 1. The van der Waals surface area contributed by atoms with Gasteiger partial charge in [-0.05, 0) is 62.4 Å². The molecule has 1 amide bonds. The molecule has 0 unspecified atom stereocenters. The van der Waals surface area contributed by atoms with Crippen LogP contribution in [0.5, 0.6) is 5.75 Å². The summed E-state index contributed by atoms with van der Waals surface area (Å²) in [5.74, 6) is 1.76. The number of hydrogen-bond acceptors (Lipinski definition) is 4. The lowest BCUT2D eigenvalue weighted by atomic mass is 10.1. The molecular formula is C21H27N3O2. The normalized spacial score (nSPS) is 16.5. The Hall–Kier alpha value is -2.56. The number of ether oxygens (including phenoxy) is 1. The Balaban J connectivity index is 1.44. The average Bonchev–Trinajstić information content (AvgIpc) is 3.11. The van der Waals surface area contributed by atoms with E-state index in [0.29, 0.717) is 18.2 Å². The van der Waals surface area contributed by atoms with Crippen molar-refractivity contribution in [3.8, 4) is 5.75 Å². The van der Waals surface area contributed by atoms with Crippen molar-refractivity contribution in [1.82, 2.24) is 10.3 Å². The van der Waals surface area contributed by atoms with Crippen LogP contribution < -0.4 is 15.0 Å². The molecule has 0 radical (unpaired) electrons. The van der Waals surface area contributed by atoms with E-state index < -0.39 is 0 Å². The van der Waals surface area contributed by atoms with Crippen molar-refractivity contribution in [2.24, 2.45) is 0 Å². The van der Waals surface area contributed by atoms with Gasteiger partial charge in [0.2, 0.25) is 0 Å². The Labute approximate surface area is 155 Å². The van der Waals surface area contributed by atoms with Gasteiger partial charge in [0.15, 0.2) is 0 Å². The maximum atomic E-state index is 12.3. The third kappa shape index (κ3) is 4.54. The smallest absolute Gasteiger partial charge is 0.252 e. The van der Waals surface area contributed by atoms with Crippen LogP contribution in [-0.2, 0) is 6.42 Å². The molecule has 1 aromatic carbocycles. The first kappa shape index (κ1) is 18.2. The van der Waals surface area contributed by atoms with Crippen LogP contribution in [0, 0.1) is 0 Å². The van der Waals surface area contributed by atoms with Crippen molar-refractivity contribution in [3.63, 3.8) is 0 Å². The molecule has 3 rings (SSSR count). The molecule has 0 aliphatic carbocycles. The molecule has 0 bridgehead atoms. The summed E-state index contributed by atoms with van der Waals surface area (Å²) in [4.78, 5) is 19.0. The molecule has 2 heterocycles. The predicted octanol–water partition coefficient (Wildman–Crippen LogP) is 3.44. The highest BCUT2D eigenvalue weighted by Gasteiger charge is 2.21. The molecule has 26 heavy (non-hydrogen) atoms. The van der Waals surface area contributed by atoms with E-state index >= 15 is 0 Å². The summed E-state index contributed by atoms with van der Waals surface area (Å²) in [6.07, 6.45) is 5.92. The number of nitrogens with one attached hydrogen (secondary N) is 1. The summed E-state index contributed by atoms with van der Waals surface area (Å²) >= 11 is 0. The molecular weight excluding hydrogens is 326 g/mol. The minimum Gasteiger partial charge on any atom is -0.497 e. The average molecular weight is 353 g/mol. The molecule has 0 spiro atoms. The van der Waals surface area contributed by atoms with Gasteiger partial charge < -0.3 is 15.0 Å². The summed E-state index contributed by atoms with van der Waals surface area (Å²) in [5.41, 5.74) is 1.86. The Bertz CT molecular complexity index is 713. The van der Waals surface area contributed by atoms with Crippen LogP contribution in [0.15, 0.2) is 42.6 Å². The van der Waals surface area contributed by atoms with Crippen LogP contribution in [0.4, 0.5) is 5.82 Å². The van der Waals surface area contributed by atoms with Crippen LogP contribution in [0.2, 0.25) is 0 Å². The molecule has 1 atom stereocenters. The summed E-state index contributed by atoms with van der Waals surface area (Å²) in [5, 5.41) is 2.97. The van der Waals surface area contributed by atoms with E-state index in [4.69, 9.17) is 4.74 Å². The van der Waals surface area contributed by atoms with E-state index in [1.54, 1.807) is 13.3 Å². The summed E-state index contributed by atoms with van der Waals surface area (Å²) in [6, 6.07) is 12.4. The Morgan fingerprint density at radius 3 is 2.69 bits per heavy atom. The maximum absolute atomic E-state index is 12.3. The molecule has 5 heteroatoms. The summed E-state index contributed by atoms with van der Waals surface area (Å²) in [7, 11) is 1.66. The molecule has 5 nitrogen and oxygen atoms in total. The van der Waals surface area contributed by atoms with E-state index in [2.05, 4.69) is 34.3 Å². The number of carbonyl (C=O) groups excluding carboxylic acids is 1. The zero-order valence-corrected chi connectivity index (χ0v) is 15.6. The largest absolute Gasteiger partial charge is 0.497 e. The molecule has 2 aromatic rings. The van der Waals surface area contributed by atoms with Gasteiger partial charge in [-0.3, -0.25) is 4.79 Å². The van der Waals surface area contributed by atoms with Gasteiger partial charge >= 0.3 is 0 Å². The second-order valence-corrected chi connectivity index (χ2v) is 6.80. The summed E-state index contributed by atoms with van der Waals surface area (Å²) in [6.45, 7) is 3.92. The first-order valence-corrected chi connectivity index (χ1v) is 9.31. The fourth-order valence-corrected chi connectivity index (χ4v) is 3.35. The van der Waals surface area contributed by atoms with Crippen LogP contribution >= 0.6 is 0 Å². The topological polar surface area (TPSA) is 54.5 Å². The molecule has 1 N–H and O–H groups in total. The Morgan fingerprint density at radius 1 is 1.27 bits per heavy atom. The third-order valence-corrected chi connectivity index (χ3v) is 4.94. The lowest BCUT2D eigenvalue weighted by Gasteiger charge is -2.22. The first-order chi connectivity index (χ1) is 12.7. The number of anilines is 1. The van der Waals surface area contributed by atoms with E-state index in [0.717, 1.165) is 31.0 Å². The fourth-order valence-electron chi connectivity index (χ4n) is 3.35. The number of nitrogens with zero attached hydrogens (tertiary/aromatic N) is 2. The molecule has 1 aliphatic rings. The number of rotatable bonds is 7. The Morgan fingerprint density at radius 2 is 2.08 bits per heavy atom. The second kappa shape index (κ2) is 8.70. The summed E-state index contributed by atoms with van der Waals surface area (Å²) < 4.78 is 5.16. The lowest BCUT2D eigenvalue weighted by Crippen LogP contribution is -2.28. The highest BCUT2D eigenvalue weighted by atomic mass is 16.5. The van der Waals surface area contributed by atoms with E-state index in [9.17, 15) is 4.79 Å². The third-order valence-electron chi connectivity index (χ3n) is 4.94. The number of pyridine rings is 1. The van der Waals surface area contributed by atoms with Crippen molar-refractivity contribution < 1.29 is 9.53 Å². The molecule has 138 valence electrons. The van der Waals surface area contributed by atoms with Crippen molar-refractivity contribution in [2.75, 3.05) is 25.1 Å². The van der Waals surface area contributed by atoms with E-state index in [1.165, 1.54) is 18.4 Å². The van der Waals surface area contributed by atoms with Crippen LogP contribution in [0.1, 0.15) is 42.1 Å². The fraction of sp³-hybridized carbons (Fsp3) is 0.429. The quantitative estimate of drug-likeness (QED) is 0.775. The first-order valence-electron chi connectivity index (χ1n) is 9.31. The number of aromatic nitrogens is 1. The van der Waals surface area contributed by atoms with Gasteiger partial charge in [-0.2, -0.15) is 0 Å². The molecule has 1 fully saturated rings. The standard InChI is InChI=1S/C21H27N3O2/c1-16-5-4-14-24(16)20-12-9-18(15-23-20)21(25)22-13-3-6-17-7-10-19(26-2)11-8-17/h7-12,15-16H,3-6,13-14H2,1-2H3,(H,22,25)/t16-/m0/s1. The van der Waals surface area contributed by atoms with Crippen molar-refractivity contribution in [1.29, 1.82) is 0 Å². The highest BCUT2D eigenvalue weighted by Crippen LogP contribution is 2.23. The number of carbonyl (C=O) groups is 1. The number of hydrogen-bond donors (Lipinski definition) is 1. The van der Waals surface area contributed by atoms with Gasteiger partial charge in [-0.1, -0.05) is 12.1 Å². The molecule has 0 saturated carbocycles. The second-order valence-electron chi connectivity index (χ2n) is 6.80. The van der Waals surface area contributed by atoms with Gasteiger partial charge in [0.25, 0.3) is 5.91 Å². The van der Waals surface area contributed by atoms with Gasteiger partial charge in [0.05, 0.1) is 12.7 Å². The molecule has 1 aliphatic heterocycles. The van der Waals surface area contributed by atoms with Crippen molar-refractivity contribution in [3.05, 3.63) is 53.7 Å². The van der Waals surface area contributed by atoms with Crippen molar-refractivity contribution in [2.45, 2.75) is 38.6 Å². The minimum absolute atomic E-state index is 0.0618. The SMILES string of the molecule is COc1ccc(CCCNC(=O)c2ccc(N3CCC[C@@H]3C)nc2)cc1. The van der Waals surface area contributed by atoms with Gasteiger partial charge in [0.1, 0.15) is 11.6 Å². The van der Waals surface area contributed by atoms with Gasteiger partial charge in [0, 0.05) is 25.3 Å². The molecule has 1 aromatic heterocycles. The monoisotopic (exact) mass is 353 g/mol. The van der Waals surface area contributed by atoms with Gasteiger partial charge in [-0.25, -0.2) is 4.98 Å². The van der Waals surface area contributed by atoms with Crippen LogP contribution in [0.3, 0.4) is 0 Å². The number of benzene rings is 1.